The molecule has 0 aliphatic carbocycles. The number of nitrogens with one attached hydrogen (secondary N) is 2. The zero-order chi connectivity index (χ0) is 12.3. The van der Waals surface area contributed by atoms with Crippen LogP contribution < -0.4 is 10.6 Å². The van der Waals surface area contributed by atoms with Crippen molar-refractivity contribution in [1.82, 2.24) is 15.6 Å². The molecule has 0 bridgehead atoms. The van der Waals surface area contributed by atoms with E-state index in [-0.39, 0.29) is 23.9 Å². The van der Waals surface area contributed by atoms with Crippen molar-refractivity contribution >= 4 is 11.8 Å². The fourth-order valence-electron chi connectivity index (χ4n) is 1.86. The Balaban J connectivity index is 1.93. The average Bonchev–Trinajstić information content (AvgIpc) is 2.77. The highest BCUT2D eigenvalue weighted by Crippen LogP contribution is 2.12. The van der Waals surface area contributed by atoms with E-state index < -0.39 is 0 Å². The maximum absolute atomic E-state index is 11.8. The second-order valence-corrected chi connectivity index (χ2v) is 4.17. The minimum absolute atomic E-state index is 0.0540. The van der Waals surface area contributed by atoms with E-state index in [1.54, 1.807) is 12.4 Å². The topological polar surface area (TPSA) is 71.1 Å². The molecular formula is C12H15N3O2. The molecule has 0 radical (unpaired) electrons. The van der Waals surface area contributed by atoms with Crippen LogP contribution in [0.2, 0.25) is 0 Å². The van der Waals surface area contributed by atoms with Gasteiger partial charge in [-0.25, -0.2) is 0 Å². The van der Waals surface area contributed by atoms with Gasteiger partial charge in [0.2, 0.25) is 11.8 Å². The van der Waals surface area contributed by atoms with E-state index in [1.165, 1.54) is 0 Å². The molecule has 2 N–H and O–H groups in total. The van der Waals surface area contributed by atoms with Gasteiger partial charge in [0.1, 0.15) is 6.04 Å². The molecule has 1 fully saturated rings. The maximum atomic E-state index is 11.8. The summed E-state index contributed by atoms with van der Waals surface area (Å²) >= 11 is 0. The second-order valence-electron chi connectivity index (χ2n) is 4.17. The predicted octanol–water partition coefficient (Wildman–Crippen LogP) is 0.537. The fraction of sp³-hybridized carbons (Fsp3) is 0.417. The lowest BCUT2D eigenvalue weighted by Gasteiger charge is -2.17. The second kappa shape index (κ2) is 4.95. The number of nitrogens with zero attached hydrogens (tertiary/aromatic N) is 1. The monoisotopic (exact) mass is 233 g/mol. The average molecular weight is 233 g/mol. The molecular weight excluding hydrogens is 218 g/mol. The van der Waals surface area contributed by atoms with Crippen LogP contribution in [0.15, 0.2) is 24.5 Å². The lowest BCUT2D eigenvalue weighted by Crippen LogP contribution is -2.42. The van der Waals surface area contributed by atoms with Crippen LogP contribution in [0.4, 0.5) is 0 Å². The van der Waals surface area contributed by atoms with E-state index >= 15 is 0 Å². The van der Waals surface area contributed by atoms with E-state index in [0.717, 1.165) is 5.56 Å². The normalized spacial score (nSPS) is 20.8. The molecule has 1 aromatic heterocycles. The Morgan fingerprint density at radius 3 is 2.82 bits per heavy atom. The molecule has 2 rings (SSSR count). The van der Waals surface area contributed by atoms with Crippen molar-refractivity contribution in [2.24, 2.45) is 0 Å². The number of carbonyl (C=O) groups is 2. The minimum Gasteiger partial charge on any atom is -0.348 e. The zero-order valence-corrected chi connectivity index (χ0v) is 9.64. The third kappa shape index (κ3) is 2.81. The van der Waals surface area contributed by atoms with Crippen LogP contribution in [0.1, 0.15) is 31.4 Å². The molecule has 1 saturated heterocycles. The van der Waals surface area contributed by atoms with E-state index in [4.69, 9.17) is 0 Å². The first-order valence-electron chi connectivity index (χ1n) is 5.66. The molecule has 0 aromatic carbocycles. The molecule has 2 amide bonds. The highest BCUT2D eigenvalue weighted by molar-refractivity contribution is 5.90. The van der Waals surface area contributed by atoms with Crippen molar-refractivity contribution < 1.29 is 9.59 Å². The first kappa shape index (κ1) is 11.6. The van der Waals surface area contributed by atoms with Crippen LogP contribution in [0.5, 0.6) is 0 Å². The van der Waals surface area contributed by atoms with Crippen molar-refractivity contribution in [2.45, 2.75) is 31.8 Å². The summed E-state index contributed by atoms with van der Waals surface area (Å²) in [6.45, 7) is 1.91. The number of aromatic nitrogens is 1. The van der Waals surface area contributed by atoms with Gasteiger partial charge in [0.15, 0.2) is 0 Å². The molecule has 1 aromatic rings. The van der Waals surface area contributed by atoms with Crippen LogP contribution in [0.3, 0.4) is 0 Å². The van der Waals surface area contributed by atoms with Crippen LogP contribution in [-0.4, -0.2) is 22.8 Å². The van der Waals surface area contributed by atoms with Gasteiger partial charge in [-0.05, 0) is 31.0 Å². The minimum atomic E-state index is -0.383. The molecule has 17 heavy (non-hydrogen) atoms. The van der Waals surface area contributed by atoms with Crippen molar-refractivity contribution in [3.05, 3.63) is 30.1 Å². The van der Waals surface area contributed by atoms with E-state index in [1.807, 2.05) is 19.1 Å². The van der Waals surface area contributed by atoms with Crippen LogP contribution in [-0.2, 0) is 9.59 Å². The SMILES string of the molecule is CC(NC(=O)C1CCC(=O)N1)c1ccncc1. The summed E-state index contributed by atoms with van der Waals surface area (Å²) in [5, 5.41) is 5.52. The number of hydrogen-bond donors (Lipinski definition) is 2. The molecule has 2 atom stereocenters. The predicted molar refractivity (Wildman–Crippen MR) is 62.0 cm³/mol. The lowest BCUT2D eigenvalue weighted by atomic mass is 10.1. The van der Waals surface area contributed by atoms with Gasteiger partial charge < -0.3 is 10.6 Å². The van der Waals surface area contributed by atoms with Gasteiger partial charge in [-0.3, -0.25) is 14.6 Å². The van der Waals surface area contributed by atoms with Crippen LogP contribution in [0.25, 0.3) is 0 Å². The highest BCUT2D eigenvalue weighted by Gasteiger charge is 2.27. The lowest BCUT2D eigenvalue weighted by molar-refractivity contribution is -0.126. The summed E-state index contributed by atoms with van der Waals surface area (Å²) in [5.74, 6) is -0.179. The zero-order valence-electron chi connectivity index (χ0n) is 9.64. The summed E-state index contributed by atoms with van der Waals surface area (Å²) in [7, 11) is 0. The smallest absolute Gasteiger partial charge is 0.243 e. The summed E-state index contributed by atoms with van der Waals surface area (Å²) in [5.41, 5.74) is 0.998. The third-order valence-electron chi connectivity index (χ3n) is 2.88. The molecule has 1 aliphatic heterocycles. The quantitative estimate of drug-likeness (QED) is 0.800. The van der Waals surface area contributed by atoms with Crippen molar-refractivity contribution in [1.29, 1.82) is 0 Å². The van der Waals surface area contributed by atoms with Crippen LogP contribution in [0, 0.1) is 0 Å². The van der Waals surface area contributed by atoms with Crippen molar-refractivity contribution in [2.75, 3.05) is 0 Å². The summed E-state index contributed by atoms with van der Waals surface area (Å²) < 4.78 is 0. The van der Waals surface area contributed by atoms with Crippen molar-refractivity contribution in [3.8, 4) is 0 Å². The molecule has 1 aliphatic rings. The summed E-state index contributed by atoms with van der Waals surface area (Å²) in [6.07, 6.45) is 4.39. The first-order valence-corrected chi connectivity index (χ1v) is 5.66. The molecule has 5 heteroatoms. The van der Waals surface area contributed by atoms with E-state index in [0.29, 0.717) is 12.8 Å². The van der Waals surface area contributed by atoms with Gasteiger partial charge >= 0.3 is 0 Å². The van der Waals surface area contributed by atoms with Gasteiger partial charge in [-0.1, -0.05) is 0 Å². The molecule has 2 heterocycles. The third-order valence-corrected chi connectivity index (χ3v) is 2.88. The van der Waals surface area contributed by atoms with Gasteiger partial charge in [0.05, 0.1) is 6.04 Å². The Kier molecular flexibility index (Phi) is 3.37. The van der Waals surface area contributed by atoms with Gasteiger partial charge in [-0.15, -0.1) is 0 Å². The highest BCUT2D eigenvalue weighted by atomic mass is 16.2. The Morgan fingerprint density at radius 1 is 1.53 bits per heavy atom. The number of rotatable bonds is 3. The number of hydrogen-bond acceptors (Lipinski definition) is 3. The van der Waals surface area contributed by atoms with Crippen LogP contribution >= 0.6 is 0 Å². The molecule has 0 saturated carbocycles. The summed E-state index contributed by atoms with van der Waals surface area (Å²) in [4.78, 5) is 26.8. The molecule has 2 unspecified atom stereocenters. The maximum Gasteiger partial charge on any atom is 0.243 e. The van der Waals surface area contributed by atoms with E-state index in [9.17, 15) is 9.59 Å². The standard InChI is InChI=1S/C12H15N3O2/c1-8(9-4-6-13-7-5-9)14-12(17)10-2-3-11(16)15-10/h4-8,10H,2-3H2,1H3,(H,14,17)(H,15,16). The van der Waals surface area contributed by atoms with Crippen molar-refractivity contribution in [3.63, 3.8) is 0 Å². The molecule has 0 spiro atoms. The molecule has 5 nitrogen and oxygen atoms in total. The number of carbonyl (C=O) groups excluding carboxylic acids is 2. The largest absolute Gasteiger partial charge is 0.348 e. The number of amides is 2. The molecule has 90 valence electrons. The Bertz CT molecular complexity index is 419. The van der Waals surface area contributed by atoms with E-state index in [2.05, 4.69) is 15.6 Å². The Hall–Kier alpha value is -1.91. The van der Waals surface area contributed by atoms with Gasteiger partial charge in [0, 0.05) is 18.8 Å². The van der Waals surface area contributed by atoms with Gasteiger partial charge in [-0.2, -0.15) is 0 Å². The Morgan fingerprint density at radius 2 is 2.24 bits per heavy atom. The fourth-order valence-corrected chi connectivity index (χ4v) is 1.86. The first-order chi connectivity index (χ1) is 8.16. The number of pyridine rings is 1. The Labute approximate surface area is 99.6 Å². The van der Waals surface area contributed by atoms with Gasteiger partial charge in [0.25, 0.3) is 0 Å². The summed E-state index contributed by atoms with van der Waals surface area (Å²) in [6, 6.07) is 3.26.